The number of hydrogen-bond donors (Lipinski definition) is 0. The Morgan fingerprint density at radius 3 is 2.81 bits per heavy atom. The molecule has 1 aromatic rings. The number of rotatable bonds is 4. The van der Waals surface area contributed by atoms with Gasteiger partial charge in [0.05, 0.1) is 6.07 Å². The van der Waals surface area contributed by atoms with Gasteiger partial charge in [-0.1, -0.05) is 18.2 Å². The second-order valence-corrected chi connectivity index (χ2v) is 5.33. The number of para-hydroxylation sites is 1. The molecule has 0 fully saturated rings. The van der Waals surface area contributed by atoms with Crippen molar-refractivity contribution in [2.45, 2.75) is 25.7 Å². The Labute approximate surface area is 124 Å². The zero-order chi connectivity index (χ0) is 15.4. The van der Waals surface area contributed by atoms with E-state index < -0.39 is 0 Å². The molecule has 2 rings (SSSR count). The largest absolute Gasteiger partial charge is 0.332 e. The summed E-state index contributed by atoms with van der Waals surface area (Å²) in [6.45, 7) is 2.30. The van der Waals surface area contributed by atoms with Crippen LogP contribution < -0.4 is 4.90 Å². The van der Waals surface area contributed by atoms with Crippen LogP contribution in [0, 0.1) is 11.3 Å². The third-order valence-corrected chi connectivity index (χ3v) is 3.89. The van der Waals surface area contributed by atoms with Crippen LogP contribution in [0.2, 0.25) is 0 Å². The minimum atomic E-state index is -0.0321. The average Bonchev–Trinajstić information content (AvgIpc) is 2.84. The number of carbonyl (C=O) groups excluding carboxylic acids is 2. The smallest absolute Gasteiger partial charge is 0.223 e. The molecule has 21 heavy (non-hydrogen) atoms. The van der Waals surface area contributed by atoms with Crippen LogP contribution in [0.25, 0.3) is 0 Å². The highest BCUT2D eigenvalue weighted by Crippen LogP contribution is 2.38. The van der Waals surface area contributed by atoms with Gasteiger partial charge in [0.2, 0.25) is 11.8 Å². The summed E-state index contributed by atoms with van der Waals surface area (Å²) in [5.74, 6) is 0.178. The molecule has 1 aliphatic heterocycles. The number of fused-ring (bicyclic) bond motifs is 1. The second kappa shape index (κ2) is 6.40. The standard InChI is InChI=1S/C16H19N3O2/c1-12(20)19-11-13(14-5-3-4-6-15(14)19)7-8-16(21)18(2)10-9-17/h3-6,13H,7-8,10-11H2,1-2H3. The van der Waals surface area contributed by atoms with E-state index in [1.165, 1.54) is 4.90 Å². The highest BCUT2D eigenvalue weighted by molar-refractivity contribution is 5.94. The zero-order valence-electron chi connectivity index (χ0n) is 12.4. The summed E-state index contributed by atoms with van der Waals surface area (Å²) in [4.78, 5) is 26.8. The molecule has 110 valence electrons. The van der Waals surface area contributed by atoms with Crippen LogP contribution in [0.1, 0.15) is 31.2 Å². The maximum absolute atomic E-state index is 11.9. The number of nitriles is 1. The number of benzene rings is 1. The van der Waals surface area contributed by atoms with Crippen molar-refractivity contribution in [1.29, 1.82) is 5.26 Å². The van der Waals surface area contributed by atoms with Gasteiger partial charge in [-0.15, -0.1) is 0 Å². The van der Waals surface area contributed by atoms with Gasteiger partial charge in [-0.3, -0.25) is 9.59 Å². The summed E-state index contributed by atoms with van der Waals surface area (Å²) in [6, 6.07) is 9.81. The molecule has 0 aromatic heterocycles. The second-order valence-electron chi connectivity index (χ2n) is 5.33. The van der Waals surface area contributed by atoms with Gasteiger partial charge in [0, 0.05) is 38.5 Å². The van der Waals surface area contributed by atoms with Crippen LogP contribution in [-0.4, -0.2) is 36.9 Å². The molecular formula is C16H19N3O2. The number of carbonyl (C=O) groups is 2. The van der Waals surface area contributed by atoms with E-state index in [0.29, 0.717) is 19.4 Å². The van der Waals surface area contributed by atoms with Gasteiger partial charge in [0.1, 0.15) is 6.54 Å². The minimum Gasteiger partial charge on any atom is -0.332 e. The lowest BCUT2D eigenvalue weighted by Crippen LogP contribution is -2.29. The highest BCUT2D eigenvalue weighted by atomic mass is 16.2. The lowest BCUT2D eigenvalue weighted by molar-refractivity contribution is -0.129. The van der Waals surface area contributed by atoms with Gasteiger partial charge in [0.15, 0.2) is 0 Å². The number of anilines is 1. The SMILES string of the molecule is CC(=O)N1CC(CCC(=O)N(C)CC#N)c2ccccc21. The van der Waals surface area contributed by atoms with Gasteiger partial charge in [-0.2, -0.15) is 5.26 Å². The van der Waals surface area contributed by atoms with E-state index in [2.05, 4.69) is 0 Å². The predicted octanol–water partition coefficient (Wildman–Crippen LogP) is 1.90. The van der Waals surface area contributed by atoms with Crippen molar-refractivity contribution in [2.75, 3.05) is 25.0 Å². The molecule has 0 N–H and O–H groups in total. The normalized spacial score (nSPS) is 16.2. The van der Waals surface area contributed by atoms with Crippen molar-refractivity contribution < 1.29 is 9.59 Å². The lowest BCUT2D eigenvalue weighted by Gasteiger charge is -2.16. The number of hydrogen-bond acceptors (Lipinski definition) is 3. The molecule has 0 radical (unpaired) electrons. The Morgan fingerprint density at radius 1 is 1.43 bits per heavy atom. The van der Waals surface area contributed by atoms with Crippen molar-refractivity contribution in [3.63, 3.8) is 0 Å². The number of amides is 2. The van der Waals surface area contributed by atoms with Crippen LogP contribution in [0.5, 0.6) is 0 Å². The monoisotopic (exact) mass is 285 g/mol. The summed E-state index contributed by atoms with van der Waals surface area (Å²) in [5.41, 5.74) is 2.08. The Balaban J connectivity index is 2.04. The molecule has 1 aliphatic rings. The highest BCUT2D eigenvalue weighted by Gasteiger charge is 2.30. The molecule has 0 saturated heterocycles. The summed E-state index contributed by atoms with van der Waals surface area (Å²) in [5, 5.41) is 8.60. The van der Waals surface area contributed by atoms with Crippen molar-refractivity contribution in [1.82, 2.24) is 4.90 Å². The molecular weight excluding hydrogens is 266 g/mol. The average molecular weight is 285 g/mol. The number of nitrogens with zero attached hydrogens (tertiary/aromatic N) is 3. The fraction of sp³-hybridized carbons (Fsp3) is 0.438. The zero-order valence-corrected chi connectivity index (χ0v) is 12.4. The van der Waals surface area contributed by atoms with Crippen molar-refractivity contribution in [3.8, 4) is 6.07 Å². The van der Waals surface area contributed by atoms with Gasteiger partial charge in [-0.05, 0) is 18.1 Å². The third-order valence-electron chi connectivity index (χ3n) is 3.89. The summed E-state index contributed by atoms with van der Waals surface area (Å²) in [7, 11) is 1.63. The first-order valence-electron chi connectivity index (χ1n) is 7.02. The first kappa shape index (κ1) is 15.0. The molecule has 0 bridgehead atoms. The maximum Gasteiger partial charge on any atom is 0.223 e. The first-order valence-corrected chi connectivity index (χ1v) is 7.02. The van der Waals surface area contributed by atoms with Crippen LogP contribution >= 0.6 is 0 Å². The third kappa shape index (κ3) is 3.22. The molecule has 1 heterocycles. The molecule has 0 aliphatic carbocycles. The van der Waals surface area contributed by atoms with Gasteiger partial charge < -0.3 is 9.80 Å². The van der Waals surface area contributed by atoms with Crippen LogP contribution in [0.4, 0.5) is 5.69 Å². The minimum absolute atomic E-state index is 0.0258. The molecule has 2 amide bonds. The molecule has 1 unspecified atom stereocenters. The summed E-state index contributed by atoms with van der Waals surface area (Å²) < 4.78 is 0. The Bertz CT molecular complexity index is 591. The fourth-order valence-corrected chi connectivity index (χ4v) is 2.72. The van der Waals surface area contributed by atoms with Crippen molar-refractivity contribution in [2.24, 2.45) is 0 Å². The molecule has 5 nitrogen and oxygen atoms in total. The maximum atomic E-state index is 11.9. The molecule has 1 atom stereocenters. The van der Waals surface area contributed by atoms with Gasteiger partial charge in [0.25, 0.3) is 0 Å². The van der Waals surface area contributed by atoms with Crippen LogP contribution in [-0.2, 0) is 9.59 Å². The van der Waals surface area contributed by atoms with Crippen LogP contribution in [0.15, 0.2) is 24.3 Å². The van der Waals surface area contributed by atoms with E-state index in [-0.39, 0.29) is 24.3 Å². The van der Waals surface area contributed by atoms with Crippen LogP contribution in [0.3, 0.4) is 0 Å². The molecule has 5 heteroatoms. The first-order chi connectivity index (χ1) is 10.0. The van der Waals surface area contributed by atoms with E-state index in [4.69, 9.17) is 5.26 Å². The summed E-state index contributed by atoms with van der Waals surface area (Å²) in [6.07, 6.45) is 1.08. The molecule has 0 spiro atoms. The fourth-order valence-electron chi connectivity index (χ4n) is 2.72. The Morgan fingerprint density at radius 2 is 2.14 bits per heavy atom. The van der Waals surface area contributed by atoms with Gasteiger partial charge in [-0.25, -0.2) is 0 Å². The Kier molecular flexibility index (Phi) is 4.59. The molecule has 0 saturated carbocycles. The van der Waals surface area contributed by atoms with E-state index in [9.17, 15) is 9.59 Å². The topological polar surface area (TPSA) is 64.4 Å². The van der Waals surface area contributed by atoms with Gasteiger partial charge >= 0.3 is 0 Å². The Hall–Kier alpha value is -2.35. The van der Waals surface area contributed by atoms with Crippen molar-refractivity contribution >= 4 is 17.5 Å². The van der Waals surface area contributed by atoms with E-state index >= 15 is 0 Å². The lowest BCUT2D eigenvalue weighted by atomic mass is 9.96. The summed E-state index contributed by atoms with van der Waals surface area (Å²) >= 11 is 0. The quantitative estimate of drug-likeness (QED) is 0.794. The van der Waals surface area contributed by atoms with E-state index in [0.717, 1.165) is 11.3 Å². The van der Waals surface area contributed by atoms with Crippen molar-refractivity contribution in [3.05, 3.63) is 29.8 Å². The molecule has 1 aromatic carbocycles. The van der Waals surface area contributed by atoms with E-state index in [1.54, 1.807) is 18.9 Å². The predicted molar refractivity (Wildman–Crippen MR) is 79.7 cm³/mol. The van der Waals surface area contributed by atoms with E-state index in [1.807, 2.05) is 30.3 Å².